The number of ether oxygens (including phenoxy) is 2. The van der Waals surface area contributed by atoms with Crippen LogP contribution in [0.1, 0.15) is 4.88 Å². The molecule has 0 bridgehead atoms. The Morgan fingerprint density at radius 1 is 0.875 bits per heavy atom. The van der Waals surface area contributed by atoms with Gasteiger partial charge in [0.2, 0.25) is 0 Å². The number of aromatic nitrogens is 1. The van der Waals surface area contributed by atoms with Gasteiger partial charge in [0.25, 0.3) is 10.0 Å². The molecule has 4 rings (SSSR count). The molecule has 0 saturated carbocycles. The Labute approximate surface area is 191 Å². The van der Waals surface area contributed by atoms with Crippen LogP contribution in [-0.4, -0.2) is 27.6 Å². The lowest BCUT2D eigenvalue weighted by atomic mass is 10.1. The van der Waals surface area contributed by atoms with Crippen molar-refractivity contribution in [2.24, 2.45) is 0 Å². The summed E-state index contributed by atoms with van der Waals surface area (Å²) in [4.78, 5) is 5.89. The van der Waals surface area contributed by atoms with Gasteiger partial charge >= 0.3 is 0 Å². The predicted molar refractivity (Wildman–Crippen MR) is 128 cm³/mol. The molecular formula is C24H22N2O4S2. The first-order valence-corrected chi connectivity index (χ1v) is 12.1. The van der Waals surface area contributed by atoms with Crippen LogP contribution in [0.3, 0.4) is 0 Å². The Morgan fingerprint density at radius 2 is 1.59 bits per heavy atom. The molecule has 32 heavy (non-hydrogen) atoms. The molecule has 6 nitrogen and oxygen atoms in total. The molecule has 0 aliphatic heterocycles. The third kappa shape index (κ3) is 4.46. The van der Waals surface area contributed by atoms with Gasteiger partial charge < -0.3 is 9.47 Å². The van der Waals surface area contributed by atoms with E-state index in [1.54, 1.807) is 35.6 Å². The normalized spacial score (nSPS) is 11.2. The van der Waals surface area contributed by atoms with Crippen molar-refractivity contribution in [2.45, 2.75) is 11.8 Å². The minimum Gasteiger partial charge on any atom is -0.497 e. The summed E-state index contributed by atoms with van der Waals surface area (Å²) in [5.41, 5.74) is 3.32. The first-order chi connectivity index (χ1) is 15.4. The van der Waals surface area contributed by atoms with Crippen LogP contribution in [0.2, 0.25) is 0 Å². The molecule has 1 heterocycles. The minimum atomic E-state index is -3.87. The summed E-state index contributed by atoms with van der Waals surface area (Å²) in [6.07, 6.45) is 0. The topological polar surface area (TPSA) is 77.5 Å². The molecule has 164 valence electrons. The van der Waals surface area contributed by atoms with Gasteiger partial charge in [-0.1, -0.05) is 42.5 Å². The number of sulfonamides is 1. The quantitative estimate of drug-likeness (QED) is 0.383. The summed E-state index contributed by atoms with van der Waals surface area (Å²) >= 11 is 1.63. The molecule has 8 heteroatoms. The van der Waals surface area contributed by atoms with Gasteiger partial charge in [0.1, 0.15) is 21.4 Å². The monoisotopic (exact) mass is 466 g/mol. The van der Waals surface area contributed by atoms with E-state index in [0.29, 0.717) is 11.4 Å². The molecule has 0 spiro atoms. The molecule has 1 aromatic heterocycles. The summed E-state index contributed by atoms with van der Waals surface area (Å²) in [5.74, 6) is 0.663. The molecule has 0 unspecified atom stereocenters. The smallest absolute Gasteiger partial charge is 0.265 e. The number of hydrogen-bond acceptors (Lipinski definition) is 6. The number of thiazole rings is 1. The van der Waals surface area contributed by atoms with Crippen LogP contribution in [0.4, 0.5) is 5.69 Å². The van der Waals surface area contributed by atoms with E-state index in [2.05, 4.69) is 4.72 Å². The third-order valence-corrected chi connectivity index (χ3v) is 7.31. The van der Waals surface area contributed by atoms with Crippen LogP contribution in [-0.2, 0) is 10.0 Å². The van der Waals surface area contributed by atoms with Crippen molar-refractivity contribution in [1.82, 2.24) is 4.98 Å². The van der Waals surface area contributed by atoms with Gasteiger partial charge in [0, 0.05) is 27.8 Å². The molecule has 0 radical (unpaired) electrons. The van der Waals surface area contributed by atoms with E-state index >= 15 is 0 Å². The fourth-order valence-corrected chi connectivity index (χ4v) is 5.45. The number of benzene rings is 3. The first kappa shape index (κ1) is 21.9. The maximum atomic E-state index is 13.0. The van der Waals surface area contributed by atoms with Crippen LogP contribution in [0.5, 0.6) is 11.5 Å². The van der Waals surface area contributed by atoms with E-state index in [1.807, 2.05) is 49.4 Å². The van der Waals surface area contributed by atoms with Gasteiger partial charge in [0.15, 0.2) is 0 Å². The fourth-order valence-electron chi connectivity index (χ4n) is 3.27. The number of nitrogens with one attached hydrogen (secondary N) is 1. The summed E-state index contributed by atoms with van der Waals surface area (Å²) in [6.45, 7) is 2.03. The second-order valence-corrected chi connectivity index (χ2v) is 9.84. The highest BCUT2D eigenvalue weighted by Crippen LogP contribution is 2.34. The number of rotatable bonds is 7. The van der Waals surface area contributed by atoms with Crippen LogP contribution >= 0.6 is 11.3 Å². The largest absolute Gasteiger partial charge is 0.497 e. The van der Waals surface area contributed by atoms with Gasteiger partial charge in [-0.2, -0.15) is 0 Å². The summed E-state index contributed by atoms with van der Waals surface area (Å²) in [5, 5.41) is 0.952. The van der Waals surface area contributed by atoms with E-state index < -0.39 is 10.0 Å². The zero-order chi connectivity index (χ0) is 22.7. The molecule has 0 atom stereocenters. The van der Waals surface area contributed by atoms with Crippen molar-refractivity contribution in [3.05, 3.63) is 77.7 Å². The standard InChI is InChI=1S/C24H22N2O4S2/c1-16-23(25-24(31-16)18-7-5-4-6-8-18)17-9-11-19(12-10-17)26-32(27,28)22-15-20(29-2)13-14-21(22)30-3/h4-15,26H,1-3H3. The second-order valence-electron chi connectivity index (χ2n) is 6.99. The lowest BCUT2D eigenvalue weighted by Gasteiger charge is -2.13. The molecule has 0 aliphatic rings. The van der Waals surface area contributed by atoms with Crippen LogP contribution in [0.25, 0.3) is 21.8 Å². The molecule has 4 aromatic rings. The van der Waals surface area contributed by atoms with Gasteiger partial charge in [-0.3, -0.25) is 4.72 Å². The maximum absolute atomic E-state index is 13.0. The molecule has 0 fully saturated rings. The van der Waals surface area contributed by atoms with Crippen molar-refractivity contribution in [2.75, 3.05) is 18.9 Å². The second kappa shape index (κ2) is 9.02. The minimum absolute atomic E-state index is 0.00581. The number of hydrogen-bond donors (Lipinski definition) is 1. The fraction of sp³-hybridized carbons (Fsp3) is 0.125. The van der Waals surface area contributed by atoms with E-state index in [0.717, 1.165) is 26.7 Å². The predicted octanol–water partition coefficient (Wildman–Crippen LogP) is 5.60. The summed E-state index contributed by atoms with van der Waals surface area (Å²) < 4.78 is 38.9. The number of aryl methyl sites for hydroxylation is 1. The van der Waals surface area contributed by atoms with E-state index in [1.165, 1.54) is 20.3 Å². The molecule has 3 aromatic carbocycles. The Balaban J connectivity index is 1.60. The van der Waals surface area contributed by atoms with Gasteiger partial charge in [-0.05, 0) is 31.2 Å². The number of methoxy groups -OCH3 is 2. The third-order valence-electron chi connectivity index (χ3n) is 4.89. The van der Waals surface area contributed by atoms with Crippen LogP contribution in [0, 0.1) is 6.92 Å². The van der Waals surface area contributed by atoms with E-state index in [-0.39, 0.29) is 10.6 Å². The zero-order valence-corrected chi connectivity index (χ0v) is 19.5. The SMILES string of the molecule is COc1ccc(OC)c(S(=O)(=O)Nc2ccc(-c3nc(-c4ccccc4)sc3C)cc2)c1. The Kier molecular flexibility index (Phi) is 6.16. The highest BCUT2D eigenvalue weighted by molar-refractivity contribution is 7.92. The highest BCUT2D eigenvalue weighted by Gasteiger charge is 2.21. The van der Waals surface area contributed by atoms with E-state index in [9.17, 15) is 8.42 Å². The lowest BCUT2D eigenvalue weighted by molar-refractivity contribution is 0.392. The Bertz CT molecular complexity index is 1330. The Hall–Kier alpha value is -3.36. The van der Waals surface area contributed by atoms with Crippen molar-refractivity contribution in [1.29, 1.82) is 0 Å². The first-order valence-electron chi connectivity index (χ1n) is 9.79. The lowest BCUT2D eigenvalue weighted by Crippen LogP contribution is -2.14. The van der Waals surface area contributed by atoms with Crippen molar-refractivity contribution >= 4 is 27.0 Å². The molecular weight excluding hydrogens is 444 g/mol. The number of nitrogens with zero attached hydrogens (tertiary/aromatic N) is 1. The average molecular weight is 467 g/mol. The van der Waals surface area contributed by atoms with Gasteiger partial charge in [-0.25, -0.2) is 13.4 Å². The molecule has 0 aliphatic carbocycles. The average Bonchev–Trinajstić information content (AvgIpc) is 3.21. The molecule has 0 amide bonds. The van der Waals surface area contributed by atoms with Gasteiger partial charge in [0.05, 0.1) is 19.9 Å². The highest BCUT2D eigenvalue weighted by atomic mass is 32.2. The van der Waals surface area contributed by atoms with Crippen molar-refractivity contribution < 1.29 is 17.9 Å². The molecule has 1 N–H and O–H groups in total. The van der Waals surface area contributed by atoms with Crippen molar-refractivity contribution in [3.8, 4) is 33.3 Å². The summed E-state index contributed by atoms with van der Waals surface area (Å²) in [7, 11) is -0.969. The van der Waals surface area contributed by atoms with Gasteiger partial charge in [-0.15, -0.1) is 11.3 Å². The maximum Gasteiger partial charge on any atom is 0.265 e. The van der Waals surface area contributed by atoms with E-state index in [4.69, 9.17) is 14.5 Å². The Morgan fingerprint density at radius 3 is 2.25 bits per heavy atom. The van der Waals surface area contributed by atoms with Crippen LogP contribution in [0.15, 0.2) is 77.7 Å². The number of anilines is 1. The molecule has 0 saturated heterocycles. The van der Waals surface area contributed by atoms with Crippen molar-refractivity contribution in [3.63, 3.8) is 0 Å². The summed E-state index contributed by atoms with van der Waals surface area (Å²) in [6, 6.07) is 21.8. The van der Waals surface area contributed by atoms with Crippen LogP contribution < -0.4 is 14.2 Å². The zero-order valence-electron chi connectivity index (χ0n) is 17.8.